The second kappa shape index (κ2) is 7.08. The van der Waals surface area contributed by atoms with Crippen molar-refractivity contribution in [1.82, 2.24) is 10.2 Å². The molecule has 1 N–H and O–H groups in total. The molecule has 0 radical (unpaired) electrons. The monoisotopic (exact) mass is 274 g/mol. The minimum atomic E-state index is -0.109. The molecule has 1 heterocycles. The molecule has 2 rings (SSSR count). The highest BCUT2D eigenvalue weighted by molar-refractivity contribution is 5.94. The molecule has 0 unspecified atom stereocenters. The van der Waals surface area contributed by atoms with Crippen molar-refractivity contribution in [2.75, 3.05) is 19.6 Å². The molecule has 108 valence electrons. The SMILES string of the molecule is CCc1ccc(C(=O)NCCC(=O)N2CCCC2)cc1. The van der Waals surface area contributed by atoms with E-state index in [4.69, 9.17) is 0 Å². The summed E-state index contributed by atoms with van der Waals surface area (Å²) in [5.74, 6) is 0.0333. The molecule has 0 aliphatic carbocycles. The van der Waals surface area contributed by atoms with E-state index in [-0.39, 0.29) is 11.8 Å². The van der Waals surface area contributed by atoms with Gasteiger partial charge in [-0.15, -0.1) is 0 Å². The lowest BCUT2D eigenvalue weighted by molar-refractivity contribution is -0.129. The Bertz CT molecular complexity index is 462. The summed E-state index contributed by atoms with van der Waals surface area (Å²) in [6.07, 6.45) is 3.55. The van der Waals surface area contributed by atoms with Gasteiger partial charge in [-0.25, -0.2) is 0 Å². The number of hydrogen-bond acceptors (Lipinski definition) is 2. The maximum atomic E-state index is 11.9. The summed E-state index contributed by atoms with van der Waals surface area (Å²) in [6, 6.07) is 7.58. The number of nitrogens with zero attached hydrogens (tertiary/aromatic N) is 1. The van der Waals surface area contributed by atoms with E-state index in [1.165, 1.54) is 5.56 Å². The van der Waals surface area contributed by atoms with E-state index in [2.05, 4.69) is 12.2 Å². The van der Waals surface area contributed by atoms with Crippen LogP contribution >= 0.6 is 0 Å². The Balaban J connectivity index is 1.75. The summed E-state index contributed by atoms with van der Waals surface area (Å²) in [5, 5.41) is 2.80. The van der Waals surface area contributed by atoms with Gasteiger partial charge in [0, 0.05) is 31.6 Å². The van der Waals surface area contributed by atoms with Crippen molar-refractivity contribution in [2.24, 2.45) is 0 Å². The van der Waals surface area contributed by atoms with Crippen molar-refractivity contribution >= 4 is 11.8 Å². The van der Waals surface area contributed by atoms with Crippen molar-refractivity contribution in [3.63, 3.8) is 0 Å². The van der Waals surface area contributed by atoms with Crippen molar-refractivity contribution in [3.8, 4) is 0 Å². The fourth-order valence-electron chi connectivity index (χ4n) is 2.40. The van der Waals surface area contributed by atoms with Gasteiger partial charge in [0.05, 0.1) is 0 Å². The molecule has 0 saturated carbocycles. The number of carbonyl (C=O) groups excluding carboxylic acids is 2. The van der Waals surface area contributed by atoms with Gasteiger partial charge >= 0.3 is 0 Å². The number of amides is 2. The van der Waals surface area contributed by atoms with Crippen molar-refractivity contribution in [3.05, 3.63) is 35.4 Å². The van der Waals surface area contributed by atoms with Crippen LogP contribution in [-0.2, 0) is 11.2 Å². The van der Waals surface area contributed by atoms with E-state index in [0.29, 0.717) is 18.5 Å². The summed E-state index contributed by atoms with van der Waals surface area (Å²) in [7, 11) is 0. The summed E-state index contributed by atoms with van der Waals surface area (Å²) in [5.41, 5.74) is 1.86. The van der Waals surface area contributed by atoms with Crippen molar-refractivity contribution in [1.29, 1.82) is 0 Å². The highest BCUT2D eigenvalue weighted by atomic mass is 16.2. The van der Waals surface area contributed by atoms with Gasteiger partial charge in [-0.1, -0.05) is 19.1 Å². The predicted molar refractivity (Wildman–Crippen MR) is 78.6 cm³/mol. The van der Waals surface area contributed by atoms with E-state index in [0.717, 1.165) is 32.4 Å². The number of carbonyl (C=O) groups is 2. The second-order valence-electron chi connectivity index (χ2n) is 5.14. The average molecular weight is 274 g/mol. The number of likely N-dealkylation sites (tertiary alicyclic amines) is 1. The zero-order chi connectivity index (χ0) is 14.4. The molecule has 1 aromatic rings. The molecule has 4 nitrogen and oxygen atoms in total. The van der Waals surface area contributed by atoms with Crippen LogP contribution in [0.25, 0.3) is 0 Å². The van der Waals surface area contributed by atoms with Gasteiger partial charge in [0.1, 0.15) is 0 Å². The molecule has 4 heteroatoms. The summed E-state index contributed by atoms with van der Waals surface area (Å²) in [4.78, 5) is 25.6. The van der Waals surface area contributed by atoms with Crippen LogP contribution < -0.4 is 5.32 Å². The molecule has 0 spiro atoms. The zero-order valence-corrected chi connectivity index (χ0v) is 12.0. The minimum absolute atomic E-state index is 0.109. The first-order valence-corrected chi connectivity index (χ1v) is 7.35. The Morgan fingerprint density at radius 3 is 2.40 bits per heavy atom. The third-order valence-electron chi connectivity index (χ3n) is 3.71. The van der Waals surface area contributed by atoms with Crippen LogP contribution in [-0.4, -0.2) is 36.3 Å². The fraction of sp³-hybridized carbons (Fsp3) is 0.500. The Morgan fingerprint density at radius 2 is 1.80 bits per heavy atom. The molecule has 2 amide bonds. The standard InChI is InChI=1S/C16H22N2O2/c1-2-13-5-7-14(8-6-13)16(20)17-10-9-15(19)18-11-3-4-12-18/h5-8H,2-4,9-12H2,1H3,(H,17,20). The summed E-state index contributed by atoms with van der Waals surface area (Å²) >= 11 is 0. The number of aryl methyl sites for hydroxylation is 1. The lowest BCUT2D eigenvalue weighted by Crippen LogP contribution is -2.32. The molecule has 1 saturated heterocycles. The molecule has 0 atom stereocenters. The quantitative estimate of drug-likeness (QED) is 0.892. The van der Waals surface area contributed by atoms with Crippen molar-refractivity contribution < 1.29 is 9.59 Å². The van der Waals surface area contributed by atoms with Gasteiger partial charge in [0.15, 0.2) is 0 Å². The highest BCUT2D eigenvalue weighted by Gasteiger charge is 2.17. The summed E-state index contributed by atoms with van der Waals surface area (Å²) < 4.78 is 0. The number of rotatable bonds is 5. The average Bonchev–Trinajstić information content (AvgIpc) is 3.01. The zero-order valence-electron chi connectivity index (χ0n) is 12.0. The highest BCUT2D eigenvalue weighted by Crippen LogP contribution is 2.08. The first-order valence-electron chi connectivity index (χ1n) is 7.35. The maximum absolute atomic E-state index is 11.9. The Kier molecular flexibility index (Phi) is 5.16. The number of hydrogen-bond donors (Lipinski definition) is 1. The number of benzene rings is 1. The van der Waals surface area contributed by atoms with E-state index in [9.17, 15) is 9.59 Å². The molecule has 1 aliphatic heterocycles. The van der Waals surface area contributed by atoms with Crippen LogP contribution in [0.15, 0.2) is 24.3 Å². The van der Waals surface area contributed by atoms with Crippen LogP contribution in [0.5, 0.6) is 0 Å². The van der Waals surface area contributed by atoms with Crippen LogP contribution in [0, 0.1) is 0 Å². The van der Waals surface area contributed by atoms with Gasteiger partial charge in [0.2, 0.25) is 5.91 Å². The smallest absolute Gasteiger partial charge is 0.251 e. The van der Waals surface area contributed by atoms with Crippen LogP contribution in [0.3, 0.4) is 0 Å². The van der Waals surface area contributed by atoms with Crippen molar-refractivity contribution in [2.45, 2.75) is 32.6 Å². The Hall–Kier alpha value is -1.84. The van der Waals surface area contributed by atoms with Crippen LogP contribution in [0.2, 0.25) is 0 Å². The molecular formula is C16H22N2O2. The maximum Gasteiger partial charge on any atom is 0.251 e. The van der Waals surface area contributed by atoms with Gasteiger partial charge in [-0.05, 0) is 37.0 Å². The molecule has 20 heavy (non-hydrogen) atoms. The predicted octanol–water partition coefficient (Wildman–Crippen LogP) is 1.99. The van der Waals surface area contributed by atoms with E-state index < -0.39 is 0 Å². The van der Waals surface area contributed by atoms with Gasteiger partial charge in [-0.2, -0.15) is 0 Å². The third-order valence-corrected chi connectivity index (χ3v) is 3.71. The first-order chi connectivity index (χ1) is 9.70. The van der Waals surface area contributed by atoms with Crippen LogP contribution in [0.1, 0.15) is 42.1 Å². The third kappa shape index (κ3) is 3.83. The molecule has 0 bridgehead atoms. The first kappa shape index (κ1) is 14.6. The van der Waals surface area contributed by atoms with Crippen LogP contribution in [0.4, 0.5) is 0 Å². The number of nitrogens with one attached hydrogen (secondary N) is 1. The Labute approximate surface area is 120 Å². The van der Waals surface area contributed by atoms with E-state index in [1.54, 1.807) is 0 Å². The minimum Gasteiger partial charge on any atom is -0.352 e. The van der Waals surface area contributed by atoms with E-state index in [1.807, 2.05) is 29.2 Å². The van der Waals surface area contributed by atoms with Gasteiger partial charge in [-0.3, -0.25) is 9.59 Å². The Morgan fingerprint density at radius 1 is 1.15 bits per heavy atom. The molecule has 1 aliphatic rings. The summed E-state index contributed by atoms with van der Waals surface area (Å²) in [6.45, 7) is 4.22. The molecule has 1 fully saturated rings. The molecule has 0 aromatic heterocycles. The van der Waals surface area contributed by atoms with Gasteiger partial charge in [0.25, 0.3) is 5.91 Å². The van der Waals surface area contributed by atoms with Gasteiger partial charge < -0.3 is 10.2 Å². The molecular weight excluding hydrogens is 252 g/mol. The lowest BCUT2D eigenvalue weighted by atomic mass is 10.1. The fourth-order valence-corrected chi connectivity index (χ4v) is 2.40. The second-order valence-corrected chi connectivity index (χ2v) is 5.14. The van der Waals surface area contributed by atoms with E-state index >= 15 is 0 Å². The topological polar surface area (TPSA) is 49.4 Å². The largest absolute Gasteiger partial charge is 0.352 e. The normalized spacial score (nSPS) is 14.3. The lowest BCUT2D eigenvalue weighted by Gasteiger charge is -2.15. The molecule has 1 aromatic carbocycles.